The van der Waals surface area contributed by atoms with Crippen molar-refractivity contribution in [3.05, 3.63) is 29.8 Å². The molecule has 2 N–H and O–H groups in total. The quantitative estimate of drug-likeness (QED) is 0.394. The molecule has 1 aromatic heterocycles. The number of aromatic nitrogens is 2. The number of carbonyl (C=O) groups excluding carboxylic acids is 2. The van der Waals surface area contributed by atoms with Crippen LogP contribution in [0.4, 0.5) is 10.8 Å². The third-order valence-corrected chi connectivity index (χ3v) is 4.98. The van der Waals surface area contributed by atoms with Crippen LogP contribution in [0.1, 0.15) is 30.1 Å². The van der Waals surface area contributed by atoms with E-state index in [0.717, 1.165) is 16.5 Å². The van der Waals surface area contributed by atoms with Gasteiger partial charge in [0.2, 0.25) is 11.0 Å². The monoisotopic (exact) mass is 380 g/mol. The lowest BCUT2D eigenvalue weighted by atomic mass is 10.2. The molecule has 1 aromatic carbocycles. The first-order valence-electron chi connectivity index (χ1n) is 7.79. The molecular formula is C16H20N4O3S2. The zero-order valence-corrected chi connectivity index (χ0v) is 15.7. The number of ether oxygens (including phenoxy) is 1. The van der Waals surface area contributed by atoms with Crippen LogP contribution in [-0.2, 0) is 9.53 Å². The number of nitrogens with one attached hydrogen (secondary N) is 2. The Labute approximate surface area is 154 Å². The lowest BCUT2D eigenvalue weighted by Crippen LogP contribution is -2.13. The number of carbonyl (C=O) groups is 2. The Morgan fingerprint density at radius 2 is 1.96 bits per heavy atom. The smallest absolute Gasteiger partial charge is 0.257 e. The highest BCUT2D eigenvalue weighted by Gasteiger charge is 2.11. The number of hydrogen-bond acceptors (Lipinski definition) is 7. The second-order valence-electron chi connectivity index (χ2n) is 5.04. The Bertz CT molecular complexity index is 704. The molecule has 0 radical (unpaired) electrons. The summed E-state index contributed by atoms with van der Waals surface area (Å²) in [7, 11) is 1.65. The number of rotatable bonds is 9. The van der Waals surface area contributed by atoms with Crippen molar-refractivity contribution < 1.29 is 14.3 Å². The fraction of sp³-hybridized carbons (Fsp3) is 0.375. The minimum Gasteiger partial charge on any atom is -0.384 e. The molecule has 0 spiro atoms. The number of methoxy groups -OCH3 is 1. The topological polar surface area (TPSA) is 93.2 Å². The summed E-state index contributed by atoms with van der Waals surface area (Å²) < 4.78 is 5.76. The van der Waals surface area contributed by atoms with E-state index >= 15 is 0 Å². The van der Waals surface area contributed by atoms with E-state index in [4.69, 9.17) is 4.74 Å². The summed E-state index contributed by atoms with van der Waals surface area (Å²) >= 11 is 2.85. The molecule has 25 heavy (non-hydrogen) atoms. The van der Waals surface area contributed by atoms with Crippen molar-refractivity contribution >= 4 is 45.7 Å². The van der Waals surface area contributed by atoms with Gasteiger partial charge >= 0.3 is 0 Å². The molecule has 2 amide bonds. The third-order valence-electron chi connectivity index (χ3n) is 3.05. The van der Waals surface area contributed by atoms with Gasteiger partial charge in [0, 0.05) is 30.5 Å². The van der Waals surface area contributed by atoms with Gasteiger partial charge in [0.15, 0.2) is 4.34 Å². The van der Waals surface area contributed by atoms with E-state index < -0.39 is 0 Å². The number of thioether (sulfide) groups is 1. The van der Waals surface area contributed by atoms with Gasteiger partial charge < -0.3 is 10.1 Å². The van der Waals surface area contributed by atoms with Crippen LogP contribution < -0.4 is 10.6 Å². The Hall–Kier alpha value is -1.97. The van der Waals surface area contributed by atoms with Gasteiger partial charge in [0.05, 0.1) is 6.61 Å². The van der Waals surface area contributed by atoms with Gasteiger partial charge in [-0.25, -0.2) is 0 Å². The molecule has 0 saturated carbocycles. The van der Waals surface area contributed by atoms with Crippen molar-refractivity contribution in [2.24, 2.45) is 0 Å². The normalized spacial score (nSPS) is 10.5. The largest absolute Gasteiger partial charge is 0.384 e. The lowest BCUT2D eigenvalue weighted by Gasteiger charge is -2.05. The molecule has 0 atom stereocenters. The predicted molar refractivity (Wildman–Crippen MR) is 100 cm³/mol. The summed E-state index contributed by atoms with van der Waals surface area (Å²) in [6.07, 6.45) is 1.27. The Morgan fingerprint density at radius 3 is 2.64 bits per heavy atom. The van der Waals surface area contributed by atoms with E-state index in [-0.39, 0.29) is 11.8 Å². The van der Waals surface area contributed by atoms with E-state index in [0.29, 0.717) is 29.4 Å². The van der Waals surface area contributed by atoms with Crippen LogP contribution in [-0.4, -0.2) is 41.5 Å². The maximum Gasteiger partial charge on any atom is 0.257 e. The lowest BCUT2D eigenvalue weighted by molar-refractivity contribution is -0.116. The number of amides is 2. The molecule has 0 aliphatic carbocycles. The van der Waals surface area contributed by atoms with Gasteiger partial charge in [-0.15, -0.1) is 10.2 Å². The maximum absolute atomic E-state index is 12.2. The van der Waals surface area contributed by atoms with E-state index in [1.165, 1.54) is 23.1 Å². The SMILES string of the molecule is CCCC(=O)Nc1ccc(C(=O)Nc2nnc(SCCOC)s2)cc1. The van der Waals surface area contributed by atoms with Crippen LogP contribution in [0.25, 0.3) is 0 Å². The molecule has 134 valence electrons. The molecule has 2 rings (SSSR count). The zero-order chi connectivity index (χ0) is 18.1. The van der Waals surface area contributed by atoms with Crippen molar-refractivity contribution in [2.75, 3.05) is 30.1 Å². The first-order chi connectivity index (χ1) is 12.1. The Morgan fingerprint density at radius 1 is 1.20 bits per heavy atom. The Balaban J connectivity index is 1.89. The molecule has 0 fully saturated rings. The molecule has 0 unspecified atom stereocenters. The zero-order valence-electron chi connectivity index (χ0n) is 14.1. The van der Waals surface area contributed by atoms with Crippen LogP contribution in [0.3, 0.4) is 0 Å². The van der Waals surface area contributed by atoms with Crippen LogP contribution in [0.5, 0.6) is 0 Å². The van der Waals surface area contributed by atoms with Crippen LogP contribution in [0.15, 0.2) is 28.6 Å². The van der Waals surface area contributed by atoms with Crippen molar-refractivity contribution in [3.63, 3.8) is 0 Å². The number of benzene rings is 1. The number of anilines is 2. The molecule has 0 saturated heterocycles. The van der Waals surface area contributed by atoms with Gasteiger partial charge in [-0.1, -0.05) is 30.0 Å². The third kappa shape index (κ3) is 6.45. The summed E-state index contributed by atoms with van der Waals surface area (Å²) in [6.45, 7) is 2.58. The van der Waals surface area contributed by atoms with Gasteiger partial charge in [-0.3, -0.25) is 14.9 Å². The summed E-state index contributed by atoms with van der Waals surface area (Å²) in [5, 5.41) is 13.9. The molecule has 1 heterocycles. The van der Waals surface area contributed by atoms with E-state index in [1.807, 2.05) is 6.92 Å². The van der Waals surface area contributed by atoms with Crippen molar-refractivity contribution in [2.45, 2.75) is 24.1 Å². The average molecular weight is 380 g/mol. The molecule has 7 nitrogen and oxygen atoms in total. The average Bonchev–Trinajstić information content (AvgIpc) is 3.03. The fourth-order valence-electron chi connectivity index (χ4n) is 1.86. The van der Waals surface area contributed by atoms with Crippen LogP contribution in [0.2, 0.25) is 0 Å². The van der Waals surface area contributed by atoms with Crippen LogP contribution >= 0.6 is 23.1 Å². The summed E-state index contributed by atoms with van der Waals surface area (Å²) in [5.74, 6) is 0.479. The van der Waals surface area contributed by atoms with Crippen molar-refractivity contribution in [1.82, 2.24) is 10.2 Å². The summed E-state index contributed by atoms with van der Waals surface area (Å²) in [5.41, 5.74) is 1.15. The van der Waals surface area contributed by atoms with Gasteiger partial charge in [0.1, 0.15) is 0 Å². The van der Waals surface area contributed by atoms with Crippen molar-refractivity contribution in [1.29, 1.82) is 0 Å². The highest BCUT2D eigenvalue weighted by atomic mass is 32.2. The molecule has 0 aliphatic heterocycles. The Kier molecular flexibility index (Phi) is 7.83. The van der Waals surface area contributed by atoms with E-state index in [1.54, 1.807) is 31.4 Å². The second-order valence-corrected chi connectivity index (χ2v) is 7.36. The highest BCUT2D eigenvalue weighted by molar-refractivity contribution is 8.01. The van der Waals surface area contributed by atoms with Gasteiger partial charge in [0.25, 0.3) is 5.91 Å². The summed E-state index contributed by atoms with van der Waals surface area (Å²) in [4.78, 5) is 23.8. The van der Waals surface area contributed by atoms with Crippen LogP contribution in [0, 0.1) is 0 Å². The van der Waals surface area contributed by atoms with Gasteiger partial charge in [-0.2, -0.15) is 0 Å². The second kappa shape index (κ2) is 10.1. The van der Waals surface area contributed by atoms with E-state index in [9.17, 15) is 9.59 Å². The maximum atomic E-state index is 12.2. The number of nitrogens with zero attached hydrogens (tertiary/aromatic N) is 2. The van der Waals surface area contributed by atoms with Gasteiger partial charge in [-0.05, 0) is 30.7 Å². The predicted octanol–water partition coefficient (Wildman–Crippen LogP) is 3.27. The molecular weight excluding hydrogens is 360 g/mol. The standard InChI is InChI=1S/C16H20N4O3S2/c1-3-4-13(21)17-12-7-5-11(6-8-12)14(22)18-15-19-20-16(25-15)24-10-9-23-2/h5-8H,3-4,9-10H2,1-2H3,(H,17,21)(H,18,19,22). The first kappa shape index (κ1) is 19.4. The minimum absolute atomic E-state index is 0.0351. The molecule has 0 aliphatic rings. The fourth-order valence-corrected chi connectivity index (χ4v) is 3.57. The number of hydrogen-bond donors (Lipinski definition) is 2. The molecule has 2 aromatic rings. The minimum atomic E-state index is -0.268. The summed E-state index contributed by atoms with van der Waals surface area (Å²) in [6, 6.07) is 6.72. The first-order valence-corrected chi connectivity index (χ1v) is 9.59. The highest BCUT2D eigenvalue weighted by Crippen LogP contribution is 2.25. The van der Waals surface area contributed by atoms with Crippen molar-refractivity contribution in [3.8, 4) is 0 Å². The molecule has 9 heteroatoms. The molecule has 0 bridgehead atoms. The van der Waals surface area contributed by atoms with E-state index in [2.05, 4.69) is 20.8 Å².